The maximum absolute atomic E-state index is 11.6. The van der Waals surface area contributed by atoms with Crippen LogP contribution in [0.2, 0.25) is 5.02 Å². The monoisotopic (exact) mass is 288 g/mol. The van der Waals surface area contributed by atoms with E-state index in [1.165, 1.54) is 0 Å². The van der Waals surface area contributed by atoms with E-state index in [1.54, 1.807) is 30.0 Å². The first-order valence-corrected chi connectivity index (χ1v) is 7.20. The molecule has 100 valence electrons. The van der Waals surface area contributed by atoms with E-state index >= 15 is 0 Å². The van der Waals surface area contributed by atoms with Crippen molar-refractivity contribution in [3.8, 4) is 0 Å². The van der Waals surface area contributed by atoms with Gasteiger partial charge in [0.1, 0.15) is 0 Å². The lowest BCUT2D eigenvalue weighted by molar-refractivity contribution is -0.115. The molecule has 0 aliphatic rings. The van der Waals surface area contributed by atoms with Crippen molar-refractivity contribution in [3.63, 3.8) is 0 Å². The van der Waals surface area contributed by atoms with Crippen LogP contribution in [-0.4, -0.2) is 29.1 Å². The Morgan fingerprint density at radius 3 is 2.94 bits per heavy atom. The van der Waals surface area contributed by atoms with E-state index < -0.39 is 0 Å². The zero-order chi connectivity index (χ0) is 13.4. The second-order valence-electron chi connectivity index (χ2n) is 3.72. The van der Waals surface area contributed by atoms with Crippen LogP contribution in [-0.2, 0) is 4.79 Å². The number of thioether (sulfide) groups is 1. The number of rotatable bonds is 7. The molecule has 6 heteroatoms. The largest absolute Gasteiger partial charge is 0.397 e. The number of amides is 1. The Morgan fingerprint density at radius 1 is 1.44 bits per heavy atom. The Bertz CT molecular complexity index is 402. The average Bonchev–Trinajstić information content (AvgIpc) is 2.33. The van der Waals surface area contributed by atoms with Crippen LogP contribution in [0, 0.1) is 0 Å². The molecule has 0 aliphatic carbocycles. The van der Waals surface area contributed by atoms with Crippen molar-refractivity contribution in [1.82, 2.24) is 0 Å². The van der Waals surface area contributed by atoms with Crippen LogP contribution in [0.4, 0.5) is 11.4 Å². The maximum atomic E-state index is 11.6. The van der Waals surface area contributed by atoms with Crippen molar-refractivity contribution >= 4 is 40.6 Å². The van der Waals surface area contributed by atoms with Crippen LogP contribution in [0.25, 0.3) is 0 Å². The van der Waals surface area contributed by atoms with Crippen molar-refractivity contribution in [2.45, 2.75) is 12.8 Å². The Balaban J connectivity index is 2.33. The summed E-state index contributed by atoms with van der Waals surface area (Å²) in [4.78, 5) is 11.6. The van der Waals surface area contributed by atoms with Gasteiger partial charge in [0.05, 0.1) is 11.4 Å². The van der Waals surface area contributed by atoms with Gasteiger partial charge in [-0.05, 0) is 30.4 Å². The zero-order valence-corrected chi connectivity index (χ0v) is 11.6. The van der Waals surface area contributed by atoms with Gasteiger partial charge in [-0.25, -0.2) is 0 Å². The molecular weight excluding hydrogens is 272 g/mol. The summed E-state index contributed by atoms with van der Waals surface area (Å²) in [6.45, 7) is 0.193. The van der Waals surface area contributed by atoms with Crippen LogP contribution in [0.15, 0.2) is 18.2 Å². The predicted molar refractivity (Wildman–Crippen MR) is 78.1 cm³/mol. The Morgan fingerprint density at radius 2 is 2.22 bits per heavy atom. The lowest BCUT2D eigenvalue weighted by atomic mass is 10.2. The van der Waals surface area contributed by atoms with Crippen LogP contribution in [0.3, 0.4) is 0 Å². The Kier molecular flexibility index (Phi) is 6.93. The average molecular weight is 289 g/mol. The summed E-state index contributed by atoms with van der Waals surface area (Å²) in [7, 11) is 0. The van der Waals surface area contributed by atoms with Crippen LogP contribution in [0.1, 0.15) is 12.8 Å². The lowest BCUT2D eigenvalue weighted by Crippen LogP contribution is -2.13. The molecule has 4 N–H and O–H groups in total. The number of nitrogens with two attached hydrogens (primary N) is 1. The first-order chi connectivity index (χ1) is 8.63. The summed E-state index contributed by atoms with van der Waals surface area (Å²) >= 11 is 7.47. The topological polar surface area (TPSA) is 75.3 Å². The first kappa shape index (κ1) is 15.1. The highest BCUT2D eigenvalue weighted by molar-refractivity contribution is 7.99. The number of carbonyl (C=O) groups is 1. The van der Waals surface area contributed by atoms with Gasteiger partial charge in [0.25, 0.3) is 0 Å². The number of hydrogen-bond acceptors (Lipinski definition) is 4. The molecule has 0 heterocycles. The van der Waals surface area contributed by atoms with Crippen LogP contribution in [0.5, 0.6) is 0 Å². The molecule has 0 aliphatic heterocycles. The standard InChI is InChI=1S/C12H17ClN2O2S/c13-9-2-3-10(14)11(8-9)15-12(17)4-7-18-6-1-5-16/h2-3,8,16H,1,4-7,14H2,(H,15,17). The number of carbonyl (C=O) groups excluding carboxylic acids is 1. The van der Waals surface area contributed by atoms with E-state index in [4.69, 9.17) is 22.4 Å². The molecule has 0 spiro atoms. The minimum absolute atomic E-state index is 0.0829. The maximum Gasteiger partial charge on any atom is 0.225 e. The van der Waals surface area contributed by atoms with Crippen LogP contribution >= 0.6 is 23.4 Å². The molecule has 0 bridgehead atoms. The van der Waals surface area contributed by atoms with Crippen molar-refractivity contribution < 1.29 is 9.90 Å². The summed E-state index contributed by atoms with van der Waals surface area (Å²) in [6.07, 6.45) is 1.18. The second-order valence-corrected chi connectivity index (χ2v) is 5.38. The fraction of sp³-hybridized carbons (Fsp3) is 0.417. The highest BCUT2D eigenvalue weighted by atomic mass is 35.5. The predicted octanol–water partition coefficient (Wildman–Crippen LogP) is 2.37. The fourth-order valence-electron chi connectivity index (χ4n) is 1.28. The minimum atomic E-state index is -0.0829. The minimum Gasteiger partial charge on any atom is -0.397 e. The fourth-order valence-corrected chi connectivity index (χ4v) is 2.32. The number of aliphatic hydroxyl groups excluding tert-OH is 1. The molecule has 0 fully saturated rings. The number of nitrogens with one attached hydrogen (secondary N) is 1. The van der Waals surface area contributed by atoms with Gasteiger partial charge >= 0.3 is 0 Å². The van der Waals surface area contributed by atoms with Gasteiger partial charge in [0.15, 0.2) is 0 Å². The van der Waals surface area contributed by atoms with Gasteiger partial charge in [-0.15, -0.1) is 0 Å². The quantitative estimate of drug-likeness (QED) is 0.532. The molecule has 4 nitrogen and oxygen atoms in total. The number of benzene rings is 1. The van der Waals surface area contributed by atoms with E-state index in [0.29, 0.717) is 22.8 Å². The molecule has 0 unspecified atom stereocenters. The molecule has 1 amide bonds. The number of halogens is 1. The molecule has 18 heavy (non-hydrogen) atoms. The summed E-state index contributed by atoms with van der Waals surface area (Å²) in [5, 5.41) is 11.9. The molecule has 1 aromatic rings. The molecule has 0 aromatic heterocycles. The van der Waals surface area contributed by atoms with E-state index in [0.717, 1.165) is 17.9 Å². The molecule has 1 rings (SSSR count). The van der Waals surface area contributed by atoms with Crippen molar-refractivity contribution in [2.24, 2.45) is 0 Å². The third-order valence-corrected chi connectivity index (χ3v) is 3.51. The van der Waals surface area contributed by atoms with Gasteiger partial charge in [-0.2, -0.15) is 11.8 Å². The first-order valence-electron chi connectivity index (χ1n) is 5.67. The van der Waals surface area contributed by atoms with Gasteiger partial charge in [0, 0.05) is 23.8 Å². The third-order valence-electron chi connectivity index (χ3n) is 2.21. The number of hydrogen-bond donors (Lipinski definition) is 3. The molecule has 0 radical (unpaired) electrons. The summed E-state index contributed by atoms with van der Waals surface area (Å²) in [5.41, 5.74) is 6.78. The van der Waals surface area contributed by atoms with Crippen LogP contribution < -0.4 is 11.1 Å². The summed E-state index contributed by atoms with van der Waals surface area (Å²) in [6, 6.07) is 4.97. The van der Waals surface area contributed by atoms with Gasteiger partial charge in [-0.1, -0.05) is 11.6 Å². The molecule has 0 saturated heterocycles. The van der Waals surface area contributed by atoms with Crippen molar-refractivity contribution in [2.75, 3.05) is 29.2 Å². The highest BCUT2D eigenvalue weighted by Crippen LogP contribution is 2.23. The molecule has 0 saturated carbocycles. The molecular formula is C12H17ClN2O2S. The number of aliphatic hydroxyl groups is 1. The van der Waals surface area contributed by atoms with Crippen molar-refractivity contribution in [1.29, 1.82) is 0 Å². The van der Waals surface area contributed by atoms with Crippen molar-refractivity contribution in [3.05, 3.63) is 23.2 Å². The number of nitrogen functional groups attached to an aromatic ring is 1. The lowest BCUT2D eigenvalue weighted by Gasteiger charge is -2.08. The normalized spacial score (nSPS) is 10.3. The van der Waals surface area contributed by atoms with E-state index in [9.17, 15) is 4.79 Å². The smallest absolute Gasteiger partial charge is 0.225 e. The van der Waals surface area contributed by atoms with E-state index in [1.807, 2.05) is 0 Å². The second kappa shape index (κ2) is 8.24. The SMILES string of the molecule is Nc1ccc(Cl)cc1NC(=O)CCSCCCO. The van der Waals surface area contributed by atoms with Gasteiger partial charge in [-0.3, -0.25) is 4.79 Å². The molecule has 1 aromatic carbocycles. The highest BCUT2D eigenvalue weighted by Gasteiger charge is 2.05. The van der Waals surface area contributed by atoms with E-state index in [-0.39, 0.29) is 12.5 Å². The number of anilines is 2. The van der Waals surface area contributed by atoms with Gasteiger partial charge < -0.3 is 16.2 Å². The summed E-state index contributed by atoms with van der Waals surface area (Å²) < 4.78 is 0. The van der Waals surface area contributed by atoms with Gasteiger partial charge in [0.2, 0.25) is 5.91 Å². The Labute approximate surface area is 116 Å². The molecule has 0 atom stereocenters. The Hall–Kier alpha value is -0.910. The van der Waals surface area contributed by atoms with E-state index in [2.05, 4.69) is 5.32 Å². The third kappa shape index (κ3) is 5.62. The summed E-state index contributed by atoms with van der Waals surface area (Å²) in [5.74, 6) is 1.51. The zero-order valence-electron chi connectivity index (χ0n) is 9.99.